The van der Waals surface area contributed by atoms with Crippen molar-refractivity contribution in [3.05, 3.63) is 153 Å². The number of nitro benzene ring substituents is 2. The number of methoxy groups -OCH3 is 4. The van der Waals surface area contributed by atoms with Gasteiger partial charge in [-0.3, -0.25) is 35.5 Å². The molecule has 0 aliphatic carbocycles. The number of aliphatic hydroxyl groups excluding tert-OH is 2. The Balaban J connectivity index is 0.000000416. The van der Waals surface area contributed by atoms with Gasteiger partial charge in [0.15, 0.2) is 33.3 Å². The molecule has 67 heavy (non-hydrogen) atoms. The second-order valence-corrected chi connectivity index (χ2v) is 14.8. The summed E-state index contributed by atoms with van der Waals surface area (Å²) < 4.78 is 21.2. The summed E-state index contributed by atoms with van der Waals surface area (Å²) in [5.41, 5.74) is 5.46. The summed E-state index contributed by atoms with van der Waals surface area (Å²) in [7, 11) is 6.36. The molecule has 2 aromatic heterocycles. The molecule has 0 amide bonds. The Morgan fingerprint density at radius 2 is 1.12 bits per heavy atom. The maximum atomic E-state index is 11.3. The van der Waals surface area contributed by atoms with E-state index in [1.807, 2.05) is 46.7 Å². The third-order valence-electron chi connectivity index (χ3n) is 8.87. The number of rotatable bonds is 20. The van der Waals surface area contributed by atoms with Crippen molar-refractivity contribution in [2.45, 2.75) is 19.6 Å². The van der Waals surface area contributed by atoms with E-state index in [0.717, 1.165) is 32.3 Å². The molecule has 0 bridgehead atoms. The number of non-ortho nitro benzene ring substituents is 2. The van der Waals surface area contributed by atoms with Gasteiger partial charge in [-0.2, -0.15) is 0 Å². The minimum absolute atomic E-state index is 0.0149. The summed E-state index contributed by atoms with van der Waals surface area (Å²) in [5.74, 6) is 2.62. The fourth-order valence-electron chi connectivity index (χ4n) is 5.89. The van der Waals surface area contributed by atoms with E-state index in [1.165, 1.54) is 46.9 Å². The number of hydrogen-bond donors (Lipinski definition) is 7. The van der Waals surface area contributed by atoms with E-state index in [2.05, 4.69) is 41.9 Å². The summed E-state index contributed by atoms with van der Waals surface area (Å²) in [5, 5.41) is 64.5. The van der Waals surface area contributed by atoms with Crippen LogP contribution in [0.15, 0.2) is 117 Å². The Kier molecular flexibility index (Phi) is 26.0. The number of anilines is 2. The van der Waals surface area contributed by atoms with Crippen molar-refractivity contribution in [2.75, 3.05) is 65.4 Å². The molecule has 22 heteroatoms. The first-order chi connectivity index (χ1) is 32.5. The number of aromatic nitrogens is 2. The topological polar surface area (TPSA) is 269 Å². The van der Waals surface area contributed by atoms with Gasteiger partial charge in [0, 0.05) is 78.4 Å². The van der Waals surface area contributed by atoms with Crippen LogP contribution >= 0.6 is 22.7 Å². The Hall–Kier alpha value is -7.02. The number of nitrogens with zero attached hydrogens (tertiary/aromatic N) is 5. The molecule has 0 saturated heterocycles. The first-order valence-corrected chi connectivity index (χ1v) is 21.5. The van der Waals surface area contributed by atoms with E-state index in [-0.39, 0.29) is 24.6 Å². The van der Waals surface area contributed by atoms with Gasteiger partial charge in [-0.15, -0.1) is 49.0 Å². The molecule has 20 nitrogen and oxygen atoms in total. The van der Waals surface area contributed by atoms with Gasteiger partial charge in [-0.25, -0.2) is 9.97 Å². The van der Waals surface area contributed by atoms with Crippen molar-refractivity contribution in [3.8, 4) is 45.5 Å². The van der Waals surface area contributed by atoms with E-state index in [0.29, 0.717) is 77.8 Å². The average molecular weight is 965 g/mol. The lowest BCUT2D eigenvalue weighted by Crippen LogP contribution is -2.29. The van der Waals surface area contributed by atoms with Crippen LogP contribution in [0.4, 0.5) is 21.6 Å². The van der Waals surface area contributed by atoms with Gasteiger partial charge in [0.25, 0.3) is 11.4 Å². The Morgan fingerprint density at radius 3 is 1.58 bits per heavy atom. The van der Waals surface area contributed by atoms with E-state index in [9.17, 15) is 30.4 Å². The van der Waals surface area contributed by atoms with Gasteiger partial charge in [0.05, 0.1) is 62.9 Å². The van der Waals surface area contributed by atoms with Crippen LogP contribution in [0, 0.1) is 20.2 Å². The van der Waals surface area contributed by atoms with E-state index in [1.54, 1.807) is 52.7 Å². The molecule has 360 valence electrons. The summed E-state index contributed by atoms with van der Waals surface area (Å²) in [6.45, 7) is 14.2. The monoisotopic (exact) mass is 964 g/mol. The van der Waals surface area contributed by atoms with Gasteiger partial charge >= 0.3 is 0 Å². The molecule has 0 aliphatic rings. The SMILES string of the molecule is C=C.C=C.COc1ccc(CNc2nc(-c3cccc([N+](=O)[O-])c3)c(CN(CCO)CCO)s2)cc1OC.COc1ccc(CNc2nc(-c3cccc([N+](=O)[O-])c3)cs2)cc1OC.ONO. The molecule has 0 radical (unpaired) electrons. The van der Waals surface area contributed by atoms with Crippen LogP contribution in [-0.2, 0) is 19.6 Å². The number of nitro groups is 2. The fourth-order valence-corrected chi connectivity index (χ4v) is 7.63. The van der Waals surface area contributed by atoms with Crippen molar-refractivity contribution in [1.29, 1.82) is 0 Å². The van der Waals surface area contributed by atoms with E-state index in [4.69, 9.17) is 34.3 Å². The molecule has 0 atom stereocenters. The lowest BCUT2D eigenvalue weighted by molar-refractivity contribution is -0.385. The van der Waals surface area contributed by atoms with Crippen LogP contribution in [0.25, 0.3) is 22.5 Å². The Bertz CT molecular complexity index is 2410. The normalized spacial score (nSPS) is 9.99. The Morgan fingerprint density at radius 1 is 0.657 bits per heavy atom. The highest BCUT2D eigenvalue weighted by atomic mass is 32.1. The van der Waals surface area contributed by atoms with Gasteiger partial charge in [-0.1, -0.05) is 42.0 Å². The largest absolute Gasteiger partial charge is 0.493 e. The fraction of sp³-hybridized carbons (Fsp3) is 0.244. The van der Waals surface area contributed by atoms with Gasteiger partial charge in [0.1, 0.15) is 0 Å². The van der Waals surface area contributed by atoms with Crippen molar-refractivity contribution >= 4 is 44.3 Å². The minimum Gasteiger partial charge on any atom is -0.493 e. The van der Waals surface area contributed by atoms with Gasteiger partial charge in [-0.05, 0) is 35.4 Å². The van der Waals surface area contributed by atoms with Crippen LogP contribution < -0.4 is 35.2 Å². The molecule has 0 spiro atoms. The number of hydrogen-bond acceptors (Lipinski definition) is 20. The maximum absolute atomic E-state index is 11.3. The zero-order chi connectivity index (χ0) is 49.7. The lowest BCUT2D eigenvalue weighted by atomic mass is 10.1. The number of thiazole rings is 2. The molecule has 0 unspecified atom stereocenters. The van der Waals surface area contributed by atoms with Crippen molar-refractivity contribution in [1.82, 2.24) is 20.5 Å². The molecular weight excluding hydrogens is 909 g/mol. The maximum Gasteiger partial charge on any atom is 0.270 e. The van der Waals surface area contributed by atoms with Crippen LogP contribution in [0.2, 0.25) is 0 Å². The molecule has 6 rings (SSSR count). The van der Waals surface area contributed by atoms with Crippen LogP contribution in [0.3, 0.4) is 0 Å². The molecule has 0 aliphatic heterocycles. The quantitative estimate of drug-likeness (QED) is 0.0215. The van der Waals surface area contributed by atoms with Gasteiger partial charge < -0.3 is 39.8 Å². The highest BCUT2D eigenvalue weighted by Crippen LogP contribution is 2.35. The first kappa shape index (κ1) is 56.1. The van der Waals surface area contributed by atoms with Crippen molar-refractivity contribution < 1.29 is 49.4 Å². The second-order valence-electron chi connectivity index (χ2n) is 12.9. The predicted octanol–water partition coefficient (Wildman–Crippen LogP) is 8.44. The molecule has 2 heterocycles. The second kappa shape index (κ2) is 31.0. The van der Waals surface area contributed by atoms with Crippen LogP contribution in [0.5, 0.6) is 23.0 Å². The molecule has 0 fully saturated rings. The highest BCUT2D eigenvalue weighted by Gasteiger charge is 2.19. The first-order valence-electron chi connectivity index (χ1n) is 19.8. The zero-order valence-electron chi connectivity index (χ0n) is 37.5. The standard InChI is InChI=1S/C23H28N4O6S.C18H17N3O4S.2C2H4.H3NO2/c1-32-19-7-6-16(12-20(19)33-2)14-24-23-25-22(17-4-3-5-18(13-17)27(30)31)21(34-23)15-26(8-10-28)9-11-29;1-24-16-7-6-12(8-17(16)25-2)10-19-18-20-15(11-26-18)13-4-3-5-14(9-13)21(22)23;2*1-2;2-1-3/h3-7,12-13,28-29H,8-11,14-15H2,1-2H3,(H,24,25);3-9,11H,10H2,1-2H3,(H,19,20);2*1-2H2;1-3H. The molecule has 0 saturated carbocycles. The van der Waals surface area contributed by atoms with Crippen LogP contribution in [0.1, 0.15) is 16.0 Å². The molecule has 4 aromatic carbocycles. The summed E-state index contributed by atoms with van der Waals surface area (Å²) >= 11 is 2.88. The third-order valence-corrected chi connectivity index (χ3v) is 10.7. The number of aliphatic hydroxyl groups is 2. The summed E-state index contributed by atoms with van der Waals surface area (Å²) in [4.78, 5) is 33.3. The predicted molar refractivity (Wildman–Crippen MR) is 261 cm³/mol. The number of nitrogens with one attached hydrogen (secondary N) is 3. The minimum atomic E-state index is -0.435. The average Bonchev–Trinajstić information content (AvgIpc) is 4.01. The molecule has 7 N–H and O–H groups in total. The van der Waals surface area contributed by atoms with Crippen LogP contribution in [-0.4, -0.2) is 100 Å². The number of ether oxygens (including phenoxy) is 4. The van der Waals surface area contributed by atoms with E-state index < -0.39 is 9.85 Å². The molecule has 6 aromatic rings. The van der Waals surface area contributed by atoms with E-state index >= 15 is 0 Å². The third kappa shape index (κ3) is 17.7. The number of benzene rings is 4. The zero-order valence-corrected chi connectivity index (χ0v) is 39.2. The Labute approximate surface area is 396 Å². The smallest absolute Gasteiger partial charge is 0.270 e. The lowest BCUT2D eigenvalue weighted by Gasteiger charge is -2.19. The highest BCUT2D eigenvalue weighted by molar-refractivity contribution is 7.16. The van der Waals surface area contributed by atoms with Crippen molar-refractivity contribution in [3.63, 3.8) is 0 Å². The summed E-state index contributed by atoms with van der Waals surface area (Å²) in [6, 6.07) is 24.1. The summed E-state index contributed by atoms with van der Waals surface area (Å²) in [6.07, 6.45) is 0. The van der Waals surface area contributed by atoms with Gasteiger partial charge in [0.2, 0.25) is 0 Å². The van der Waals surface area contributed by atoms with Crippen molar-refractivity contribution in [2.24, 2.45) is 0 Å². The molecular formula is C45H56N8O12S2.